The van der Waals surface area contributed by atoms with E-state index in [4.69, 9.17) is 11.6 Å². The highest BCUT2D eigenvalue weighted by Gasteiger charge is 2.20. The van der Waals surface area contributed by atoms with Gasteiger partial charge in [0.2, 0.25) is 5.88 Å². The topological polar surface area (TPSA) is 50.4 Å². The summed E-state index contributed by atoms with van der Waals surface area (Å²) in [6.45, 7) is 0. The molecule has 0 saturated carbocycles. The van der Waals surface area contributed by atoms with Gasteiger partial charge in [-0.2, -0.15) is 22.2 Å². The molecule has 4 nitrogen and oxygen atoms in total. The molecule has 0 bridgehead atoms. The minimum Gasteiger partial charge on any atom is -0.493 e. The third-order valence-electron chi connectivity index (χ3n) is 4.10. The van der Waals surface area contributed by atoms with Crippen LogP contribution in [0.5, 0.6) is 5.88 Å². The monoisotopic (exact) mass is 403 g/mol. The lowest BCUT2D eigenvalue weighted by atomic mass is 10.1. The van der Waals surface area contributed by atoms with E-state index in [1.54, 1.807) is 24.3 Å². The molecular formula is C19H12ClF2N3OS. The van der Waals surface area contributed by atoms with E-state index in [0.717, 1.165) is 11.6 Å². The average Bonchev–Trinajstić information content (AvgIpc) is 3.08. The van der Waals surface area contributed by atoms with E-state index in [1.165, 1.54) is 22.7 Å². The number of nitrogens with zero attached hydrogens (tertiary/aromatic N) is 3. The van der Waals surface area contributed by atoms with Crippen LogP contribution in [0.1, 0.15) is 16.5 Å². The summed E-state index contributed by atoms with van der Waals surface area (Å²) < 4.78 is 28.8. The highest BCUT2D eigenvalue weighted by molar-refractivity contribution is 7.80. The van der Waals surface area contributed by atoms with E-state index >= 15 is 0 Å². The molecule has 27 heavy (non-hydrogen) atoms. The number of aromatic hydroxyl groups is 1. The number of hydrogen-bond acceptors (Lipinski definition) is 4. The first-order valence-corrected chi connectivity index (χ1v) is 8.81. The highest BCUT2D eigenvalue weighted by atomic mass is 35.5. The van der Waals surface area contributed by atoms with Gasteiger partial charge in [0.15, 0.2) is 17.3 Å². The quantitative estimate of drug-likeness (QED) is 0.470. The molecule has 0 aliphatic carbocycles. The molecule has 0 saturated heterocycles. The molecule has 0 fully saturated rings. The Morgan fingerprint density at radius 3 is 2.63 bits per heavy atom. The molecule has 1 atom stereocenters. The second-order valence-corrected chi connectivity index (χ2v) is 6.85. The van der Waals surface area contributed by atoms with Crippen LogP contribution in [-0.4, -0.2) is 19.7 Å². The smallest absolute Gasteiger partial charge is 0.215 e. The maximum Gasteiger partial charge on any atom is 0.215 e. The van der Waals surface area contributed by atoms with Gasteiger partial charge in [0, 0.05) is 28.3 Å². The van der Waals surface area contributed by atoms with Crippen LogP contribution in [0.2, 0.25) is 5.02 Å². The Bertz CT molecular complexity index is 1170. The van der Waals surface area contributed by atoms with Gasteiger partial charge in [0.25, 0.3) is 0 Å². The molecule has 0 aliphatic rings. The Balaban J connectivity index is 1.80. The lowest BCUT2D eigenvalue weighted by molar-refractivity contribution is 0.434. The average molecular weight is 404 g/mol. The molecule has 8 heteroatoms. The summed E-state index contributed by atoms with van der Waals surface area (Å²) in [5, 5.41) is 14.3. The van der Waals surface area contributed by atoms with Crippen LogP contribution in [-0.2, 0) is 0 Å². The van der Waals surface area contributed by atoms with Crippen LogP contribution >= 0.6 is 24.2 Å². The molecule has 0 aliphatic heterocycles. The number of aromatic nitrogens is 3. The predicted molar refractivity (Wildman–Crippen MR) is 102 cm³/mol. The summed E-state index contributed by atoms with van der Waals surface area (Å²) in [4.78, 5) is 4.39. The molecule has 1 N–H and O–H groups in total. The van der Waals surface area contributed by atoms with E-state index < -0.39 is 16.9 Å². The van der Waals surface area contributed by atoms with Crippen LogP contribution in [0.4, 0.5) is 8.78 Å². The minimum absolute atomic E-state index is 0.0316. The molecule has 136 valence electrons. The van der Waals surface area contributed by atoms with Crippen molar-refractivity contribution < 1.29 is 13.9 Å². The van der Waals surface area contributed by atoms with Crippen molar-refractivity contribution >= 4 is 29.9 Å². The first-order valence-electron chi connectivity index (χ1n) is 7.91. The number of thiol groups is 1. The van der Waals surface area contributed by atoms with Gasteiger partial charge in [-0.05, 0) is 18.2 Å². The number of hydrogen-bond donors (Lipinski definition) is 2. The van der Waals surface area contributed by atoms with Gasteiger partial charge in [0.05, 0.1) is 16.6 Å². The number of halogens is 3. The van der Waals surface area contributed by atoms with Gasteiger partial charge in [0.1, 0.15) is 0 Å². The van der Waals surface area contributed by atoms with Gasteiger partial charge in [-0.1, -0.05) is 35.9 Å². The summed E-state index contributed by atoms with van der Waals surface area (Å²) in [5.74, 6) is -2.16. The molecular weight excluding hydrogens is 392 g/mol. The van der Waals surface area contributed by atoms with Gasteiger partial charge in [-0.15, -0.1) is 0 Å². The number of fused-ring (bicyclic) bond motifs is 1. The molecule has 2 heterocycles. The Morgan fingerprint density at radius 2 is 1.85 bits per heavy atom. The SMILES string of the molecule is Oc1cc(C(S)c2cccc(F)c2F)nc2cc(-c3cccc(Cl)c3)nn12. The van der Waals surface area contributed by atoms with Crippen LogP contribution in [0, 0.1) is 11.6 Å². The fourth-order valence-electron chi connectivity index (χ4n) is 2.80. The van der Waals surface area contributed by atoms with Gasteiger partial charge >= 0.3 is 0 Å². The van der Waals surface area contributed by atoms with Crippen molar-refractivity contribution in [3.63, 3.8) is 0 Å². The van der Waals surface area contributed by atoms with Crippen molar-refractivity contribution in [3.05, 3.63) is 82.5 Å². The first-order chi connectivity index (χ1) is 12.9. The van der Waals surface area contributed by atoms with Crippen molar-refractivity contribution in [2.24, 2.45) is 0 Å². The van der Waals surface area contributed by atoms with Crippen LogP contribution in [0.15, 0.2) is 54.6 Å². The largest absolute Gasteiger partial charge is 0.493 e. The third kappa shape index (κ3) is 3.24. The first kappa shape index (κ1) is 17.8. The van der Waals surface area contributed by atoms with Crippen LogP contribution in [0.25, 0.3) is 16.9 Å². The lowest BCUT2D eigenvalue weighted by Gasteiger charge is -2.12. The standard InChI is InChI=1S/C19H12ClF2N3OS/c20-11-4-1-3-10(7-11)14-8-16-23-15(9-17(26)25(16)24-14)19(27)12-5-2-6-13(21)18(12)22/h1-9,19,26-27H. The number of rotatable bonds is 3. The van der Waals surface area contributed by atoms with Crippen molar-refractivity contribution in [1.29, 1.82) is 0 Å². The Hall–Kier alpha value is -2.64. The fourth-order valence-corrected chi connectivity index (χ4v) is 3.32. The Morgan fingerprint density at radius 1 is 1.07 bits per heavy atom. The minimum atomic E-state index is -0.994. The Labute approximate surface area is 163 Å². The second kappa shape index (κ2) is 6.83. The number of benzene rings is 2. The summed E-state index contributed by atoms with van der Waals surface area (Å²) in [6.07, 6.45) is 0. The summed E-state index contributed by atoms with van der Waals surface area (Å²) in [6, 6.07) is 13.9. The third-order valence-corrected chi connectivity index (χ3v) is 4.88. The molecule has 2 aromatic carbocycles. The maximum absolute atomic E-state index is 14.1. The van der Waals surface area contributed by atoms with Crippen LogP contribution < -0.4 is 0 Å². The molecule has 0 spiro atoms. The zero-order valence-electron chi connectivity index (χ0n) is 13.6. The zero-order valence-corrected chi connectivity index (χ0v) is 15.3. The van der Waals surface area contributed by atoms with Crippen molar-refractivity contribution in [2.45, 2.75) is 5.25 Å². The van der Waals surface area contributed by atoms with Crippen molar-refractivity contribution in [1.82, 2.24) is 14.6 Å². The highest BCUT2D eigenvalue weighted by Crippen LogP contribution is 2.32. The van der Waals surface area contributed by atoms with E-state index in [1.807, 2.05) is 6.07 Å². The van der Waals surface area contributed by atoms with E-state index in [2.05, 4.69) is 22.7 Å². The van der Waals surface area contributed by atoms with Crippen molar-refractivity contribution in [3.8, 4) is 17.1 Å². The normalized spacial score (nSPS) is 12.4. The molecule has 0 amide bonds. The summed E-state index contributed by atoms with van der Waals surface area (Å²) in [5.41, 5.74) is 1.96. The Kier molecular flexibility index (Phi) is 4.49. The van der Waals surface area contributed by atoms with E-state index in [0.29, 0.717) is 16.4 Å². The second-order valence-electron chi connectivity index (χ2n) is 5.89. The molecule has 2 aromatic heterocycles. The summed E-state index contributed by atoms with van der Waals surface area (Å²) in [7, 11) is 0. The maximum atomic E-state index is 14.1. The van der Waals surface area contributed by atoms with Gasteiger partial charge in [-0.3, -0.25) is 0 Å². The van der Waals surface area contributed by atoms with Gasteiger partial charge in [-0.25, -0.2) is 13.8 Å². The molecule has 1 unspecified atom stereocenters. The molecule has 0 radical (unpaired) electrons. The summed E-state index contributed by atoms with van der Waals surface area (Å²) >= 11 is 10.4. The fraction of sp³-hybridized carbons (Fsp3) is 0.0526. The van der Waals surface area contributed by atoms with Gasteiger partial charge < -0.3 is 5.11 Å². The van der Waals surface area contributed by atoms with Crippen LogP contribution in [0.3, 0.4) is 0 Å². The lowest BCUT2D eigenvalue weighted by Crippen LogP contribution is -2.03. The molecule has 4 aromatic rings. The predicted octanol–water partition coefficient (Wildman–Crippen LogP) is 5.05. The van der Waals surface area contributed by atoms with Crippen molar-refractivity contribution in [2.75, 3.05) is 0 Å². The molecule has 4 rings (SSSR count). The van der Waals surface area contributed by atoms with E-state index in [9.17, 15) is 13.9 Å². The zero-order chi connectivity index (χ0) is 19.1. The van der Waals surface area contributed by atoms with E-state index in [-0.39, 0.29) is 17.1 Å².